The molecule has 0 atom stereocenters. The standard InChI is InChI=1S/C24H17ClN6O/c25-18-8-4-16(5-9-18)15-23(32)27-19-10-6-17(7-11-19)20-12-13-22-28-29-24(31(22)30-20)21-3-1-2-14-26-21/h1-14H,15H2,(H,27,32). The van der Waals surface area contributed by atoms with Gasteiger partial charge in [0.05, 0.1) is 12.1 Å². The van der Waals surface area contributed by atoms with E-state index in [4.69, 9.17) is 11.6 Å². The highest BCUT2D eigenvalue weighted by molar-refractivity contribution is 6.30. The summed E-state index contributed by atoms with van der Waals surface area (Å²) in [5.41, 5.74) is 4.62. The molecule has 2 aromatic carbocycles. The Morgan fingerprint density at radius 3 is 2.44 bits per heavy atom. The molecule has 0 aliphatic rings. The van der Waals surface area contributed by atoms with Crippen LogP contribution in [0.25, 0.3) is 28.4 Å². The fraction of sp³-hybridized carbons (Fsp3) is 0.0417. The third kappa shape index (κ3) is 4.19. The predicted octanol–water partition coefficient (Wildman–Crippen LogP) is 4.69. The predicted molar refractivity (Wildman–Crippen MR) is 123 cm³/mol. The molecule has 156 valence electrons. The maximum atomic E-state index is 12.3. The van der Waals surface area contributed by atoms with Gasteiger partial charge in [-0.1, -0.05) is 41.9 Å². The first-order chi connectivity index (χ1) is 15.7. The van der Waals surface area contributed by atoms with E-state index in [1.54, 1.807) is 22.8 Å². The minimum Gasteiger partial charge on any atom is -0.326 e. The molecule has 32 heavy (non-hydrogen) atoms. The highest BCUT2D eigenvalue weighted by Crippen LogP contribution is 2.22. The number of rotatable bonds is 5. The van der Waals surface area contributed by atoms with Crippen molar-refractivity contribution < 1.29 is 4.79 Å². The van der Waals surface area contributed by atoms with Crippen molar-refractivity contribution in [3.8, 4) is 22.8 Å². The number of hydrogen-bond acceptors (Lipinski definition) is 5. The van der Waals surface area contributed by atoms with Gasteiger partial charge in [-0.15, -0.1) is 10.2 Å². The van der Waals surface area contributed by atoms with Gasteiger partial charge in [0.1, 0.15) is 5.69 Å². The summed E-state index contributed by atoms with van der Waals surface area (Å²) in [7, 11) is 0. The average Bonchev–Trinajstić information content (AvgIpc) is 3.25. The smallest absolute Gasteiger partial charge is 0.228 e. The van der Waals surface area contributed by atoms with Crippen LogP contribution in [0.15, 0.2) is 85.1 Å². The fourth-order valence-corrected chi connectivity index (χ4v) is 3.44. The highest BCUT2D eigenvalue weighted by Gasteiger charge is 2.12. The van der Waals surface area contributed by atoms with E-state index in [0.29, 0.717) is 27.9 Å². The third-order valence-electron chi connectivity index (χ3n) is 4.90. The van der Waals surface area contributed by atoms with Crippen molar-refractivity contribution in [1.29, 1.82) is 0 Å². The largest absolute Gasteiger partial charge is 0.326 e. The monoisotopic (exact) mass is 440 g/mol. The second-order valence-corrected chi connectivity index (χ2v) is 7.59. The molecule has 0 saturated carbocycles. The van der Waals surface area contributed by atoms with Crippen molar-refractivity contribution in [2.75, 3.05) is 5.32 Å². The fourth-order valence-electron chi connectivity index (χ4n) is 3.31. The molecule has 1 amide bonds. The van der Waals surface area contributed by atoms with Crippen LogP contribution in [-0.2, 0) is 11.2 Å². The highest BCUT2D eigenvalue weighted by atomic mass is 35.5. The van der Waals surface area contributed by atoms with Gasteiger partial charge in [0.2, 0.25) is 11.7 Å². The van der Waals surface area contributed by atoms with Crippen LogP contribution in [0, 0.1) is 0 Å². The van der Waals surface area contributed by atoms with Crippen molar-refractivity contribution in [3.63, 3.8) is 0 Å². The van der Waals surface area contributed by atoms with Crippen molar-refractivity contribution in [1.82, 2.24) is 24.8 Å². The van der Waals surface area contributed by atoms with Crippen molar-refractivity contribution in [2.45, 2.75) is 6.42 Å². The normalized spacial score (nSPS) is 10.9. The van der Waals surface area contributed by atoms with Crippen LogP contribution in [0.2, 0.25) is 5.02 Å². The van der Waals surface area contributed by atoms with Crippen LogP contribution in [0.5, 0.6) is 0 Å². The molecular formula is C24H17ClN6O. The van der Waals surface area contributed by atoms with E-state index in [1.807, 2.05) is 66.7 Å². The van der Waals surface area contributed by atoms with Gasteiger partial charge in [-0.05, 0) is 54.1 Å². The van der Waals surface area contributed by atoms with Crippen LogP contribution in [0.3, 0.4) is 0 Å². The molecule has 0 aliphatic heterocycles. The molecule has 0 radical (unpaired) electrons. The Morgan fingerprint density at radius 2 is 1.69 bits per heavy atom. The lowest BCUT2D eigenvalue weighted by Crippen LogP contribution is -2.14. The molecule has 0 bridgehead atoms. The Balaban J connectivity index is 1.34. The second kappa shape index (κ2) is 8.56. The zero-order chi connectivity index (χ0) is 21.9. The molecule has 5 aromatic rings. The van der Waals surface area contributed by atoms with Crippen LogP contribution in [0.1, 0.15) is 5.56 Å². The maximum Gasteiger partial charge on any atom is 0.228 e. The summed E-state index contributed by atoms with van der Waals surface area (Å²) < 4.78 is 1.68. The molecule has 1 N–H and O–H groups in total. The van der Waals surface area contributed by atoms with Crippen LogP contribution in [-0.4, -0.2) is 30.7 Å². The first kappa shape index (κ1) is 19.8. The Bertz CT molecular complexity index is 1380. The number of amides is 1. The first-order valence-electron chi connectivity index (χ1n) is 9.94. The minimum absolute atomic E-state index is 0.0934. The maximum absolute atomic E-state index is 12.3. The van der Waals surface area contributed by atoms with Gasteiger partial charge in [0, 0.05) is 22.5 Å². The summed E-state index contributed by atoms with van der Waals surface area (Å²) in [6.07, 6.45) is 1.99. The number of nitrogens with one attached hydrogen (secondary N) is 1. The number of hydrogen-bond donors (Lipinski definition) is 1. The molecule has 0 saturated heterocycles. The van der Waals surface area contributed by atoms with Gasteiger partial charge in [-0.3, -0.25) is 9.78 Å². The Labute approximate surface area is 188 Å². The summed E-state index contributed by atoms with van der Waals surface area (Å²) >= 11 is 5.89. The molecule has 5 rings (SSSR count). The summed E-state index contributed by atoms with van der Waals surface area (Å²) in [5, 5.41) is 16.6. The molecular weight excluding hydrogens is 424 g/mol. The van der Waals surface area contributed by atoms with Crippen molar-refractivity contribution >= 4 is 28.8 Å². The van der Waals surface area contributed by atoms with Gasteiger partial charge in [-0.25, -0.2) is 0 Å². The van der Waals surface area contributed by atoms with Crippen LogP contribution in [0.4, 0.5) is 5.69 Å². The molecule has 0 spiro atoms. The van der Waals surface area contributed by atoms with E-state index in [0.717, 1.165) is 16.8 Å². The minimum atomic E-state index is -0.0934. The number of halogens is 1. The SMILES string of the molecule is O=C(Cc1ccc(Cl)cc1)Nc1ccc(-c2ccc3nnc(-c4ccccn4)n3n2)cc1. The number of carbonyl (C=O) groups is 1. The average molecular weight is 441 g/mol. The van der Waals surface area contributed by atoms with Crippen molar-refractivity contribution in [3.05, 3.63) is 95.6 Å². The lowest BCUT2D eigenvalue weighted by molar-refractivity contribution is -0.115. The van der Waals surface area contributed by atoms with E-state index in [-0.39, 0.29) is 12.3 Å². The number of carbonyl (C=O) groups excluding carboxylic acids is 1. The van der Waals surface area contributed by atoms with Gasteiger partial charge in [0.15, 0.2) is 5.65 Å². The van der Waals surface area contributed by atoms with Gasteiger partial charge >= 0.3 is 0 Å². The van der Waals surface area contributed by atoms with Gasteiger partial charge < -0.3 is 5.32 Å². The first-order valence-corrected chi connectivity index (χ1v) is 10.3. The Kier molecular flexibility index (Phi) is 5.31. The van der Waals surface area contributed by atoms with Crippen LogP contribution >= 0.6 is 11.6 Å². The van der Waals surface area contributed by atoms with E-state index >= 15 is 0 Å². The molecule has 3 heterocycles. The van der Waals surface area contributed by atoms with E-state index < -0.39 is 0 Å². The summed E-state index contributed by atoms with van der Waals surface area (Å²) in [6.45, 7) is 0. The molecule has 8 heteroatoms. The van der Waals surface area contributed by atoms with Crippen molar-refractivity contribution in [2.24, 2.45) is 0 Å². The van der Waals surface area contributed by atoms with Crippen LogP contribution < -0.4 is 5.32 Å². The molecule has 0 unspecified atom stereocenters. The number of nitrogens with zero attached hydrogens (tertiary/aromatic N) is 5. The summed E-state index contributed by atoms with van der Waals surface area (Å²) in [6, 6.07) is 24.1. The molecule has 7 nitrogen and oxygen atoms in total. The number of aromatic nitrogens is 5. The number of pyridine rings is 1. The lowest BCUT2D eigenvalue weighted by atomic mass is 10.1. The molecule has 0 aliphatic carbocycles. The van der Waals surface area contributed by atoms with E-state index in [9.17, 15) is 4.79 Å². The number of benzene rings is 2. The number of fused-ring (bicyclic) bond motifs is 1. The van der Waals surface area contributed by atoms with E-state index in [2.05, 4.69) is 25.6 Å². The summed E-state index contributed by atoms with van der Waals surface area (Å²) in [5.74, 6) is 0.484. The Morgan fingerprint density at radius 1 is 0.875 bits per heavy atom. The quantitative estimate of drug-likeness (QED) is 0.428. The van der Waals surface area contributed by atoms with Gasteiger partial charge in [-0.2, -0.15) is 9.61 Å². The molecule has 3 aromatic heterocycles. The zero-order valence-corrected chi connectivity index (χ0v) is 17.6. The van der Waals surface area contributed by atoms with E-state index in [1.165, 1.54) is 0 Å². The summed E-state index contributed by atoms with van der Waals surface area (Å²) in [4.78, 5) is 16.7. The zero-order valence-electron chi connectivity index (χ0n) is 16.8. The second-order valence-electron chi connectivity index (χ2n) is 7.16. The third-order valence-corrected chi connectivity index (χ3v) is 5.15. The molecule has 0 fully saturated rings. The number of anilines is 1. The Hall–Kier alpha value is -4.10. The lowest BCUT2D eigenvalue weighted by Gasteiger charge is -2.07. The van der Waals surface area contributed by atoms with Gasteiger partial charge in [0.25, 0.3) is 0 Å². The topological polar surface area (TPSA) is 85.1 Å².